The van der Waals surface area contributed by atoms with Crippen molar-refractivity contribution in [2.24, 2.45) is 0 Å². The molecule has 20 heavy (non-hydrogen) atoms. The minimum atomic E-state index is -0.548. The Morgan fingerprint density at radius 1 is 1.40 bits per heavy atom. The maximum absolute atomic E-state index is 11.0. The topological polar surface area (TPSA) is 78.6 Å². The zero-order valence-electron chi connectivity index (χ0n) is 11.7. The van der Waals surface area contributed by atoms with Crippen molar-refractivity contribution in [2.75, 3.05) is 29.9 Å². The monoisotopic (exact) mass is 279 g/mol. The normalized spacial score (nSPS) is 16.8. The second-order valence-corrected chi connectivity index (χ2v) is 5.24. The van der Waals surface area contributed by atoms with E-state index in [2.05, 4.69) is 10.2 Å². The lowest BCUT2D eigenvalue weighted by Crippen LogP contribution is -2.29. The molecule has 0 amide bonds. The number of nitro groups is 1. The van der Waals surface area contributed by atoms with Gasteiger partial charge >= 0.3 is 0 Å². The molecule has 1 aliphatic rings. The molecule has 1 atom stereocenters. The fourth-order valence-corrected chi connectivity index (χ4v) is 2.43. The summed E-state index contributed by atoms with van der Waals surface area (Å²) in [4.78, 5) is 12.9. The van der Waals surface area contributed by atoms with E-state index < -0.39 is 11.0 Å². The standard InChI is InChI=1S/C14H21N3O3/c1-11(18)10-15-13-9-12(5-6-14(13)17(19)20)16-7-3-2-4-8-16/h5-6,9,11,15,18H,2-4,7-8,10H2,1H3. The van der Waals surface area contributed by atoms with Crippen molar-refractivity contribution in [3.63, 3.8) is 0 Å². The number of aliphatic hydroxyl groups excluding tert-OH is 1. The van der Waals surface area contributed by atoms with Crippen LogP contribution in [0.3, 0.4) is 0 Å². The van der Waals surface area contributed by atoms with Crippen LogP contribution in [0.25, 0.3) is 0 Å². The largest absolute Gasteiger partial charge is 0.392 e. The van der Waals surface area contributed by atoms with Crippen molar-refractivity contribution in [1.82, 2.24) is 0 Å². The number of benzene rings is 1. The van der Waals surface area contributed by atoms with Crippen molar-refractivity contribution in [1.29, 1.82) is 0 Å². The number of anilines is 2. The molecule has 2 N–H and O–H groups in total. The van der Waals surface area contributed by atoms with E-state index in [9.17, 15) is 15.2 Å². The summed E-state index contributed by atoms with van der Waals surface area (Å²) in [6.07, 6.45) is 3.02. The number of hydrogen-bond acceptors (Lipinski definition) is 5. The lowest BCUT2D eigenvalue weighted by Gasteiger charge is -2.29. The Morgan fingerprint density at radius 2 is 2.10 bits per heavy atom. The van der Waals surface area contributed by atoms with E-state index in [1.165, 1.54) is 12.5 Å². The first-order chi connectivity index (χ1) is 9.58. The van der Waals surface area contributed by atoms with Crippen LogP contribution in [-0.2, 0) is 0 Å². The summed E-state index contributed by atoms with van der Waals surface area (Å²) in [6.45, 7) is 3.93. The Kier molecular flexibility index (Phi) is 4.79. The third kappa shape index (κ3) is 3.60. The first-order valence-electron chi connectivity index (χ1n) is 7.03. The smallest absolute Gasteiger partial charge is 0.292 e. The Morgan fingerprint density at radius 3 is 2.70 bits per heavy atom. The number of hydrogen-bond donors (Lipinski definition) is 2. The molecule has 6 heteroatoms. The fraction of sp³-hybridized carbons (Fsp3) is 0.571. The van der Waals surface area contributed by atoms with Gasteiger partial charge in [-0.1, -0.05) is 0 Å². The third-order valence-corrected chi connectivity index (χ3v) is 3.49. The van der Waals surface area contributed by atoms with E-state index in [4.69, 9.17) is 0 Å². The van der Waals surface area contributed by atoms with E-state index in [-0.39, 0.29) is 5.69 Å². The Labute approximate surface area is 118 Å². The summed E-state index contributed by atoms with van der Waals surface area (Å²) in [5.41, 5.74) is 1.52. The summed E-state index contributed by atoms with van der Waals surface area (Å²) in [6, 6.07) is 5.15. The van der Waals surface area contributed by atoms with Crippen LogP contribution in [0.2, 0.25) is 0 Å². The molecule has 1 aliphatic heterocycles. The predicted octanol–water partition coefficient (Wildman–Crippen LogP) is 2.38. The second-order valence-electron chi connectivity index (χ2n) is 5.24. The molecular formula is C14H21N3O3. The van der Waals surface area contributed by atoms with Crippen molar-refractivity contribution >= 4 is 17.1 Å². The van der Waals surface area contributed by atoms with Crippen molar-refractivity contribution in [3.8, 4) is 0 Å². The summed E-state index contributed by atoms with van der Waals surface area (Å²) in [5.74, 6) is 0. The molecule has 0 saturated carbocycles. The van der Waals surface area contributed by atoms with Gasteiger partial charge in [-0.15, -0.1) is 0 Å². The molecule has 1 aromatic carbocycles. The van der Waals surface area contributed by atoms with E-state index in [1.54, 1.807) is 13.0 Å². The lowest BCUT2D eigenvalue weighted by atomic mass is 10.1. The second kappa shape index (κ2) is 6.56. The highest BCUT2D eigenvalue weighted by atomic mass is 16.6. The van der Waals surface area contributed by atoms with E-state index in [0.29, 0.717) is 12.2 Å². The minimum absolute atomic E-state index is 0.0476. The van der Waals surface area contributed by atoms with E-state index in [0.717, 1.165) is 31.6 Å². The van der Waals surface area contributed by atoms with Crippen molar-refractivity contribution in [2.45, 2.75) is 32.3 Å². The molecule has 0 bridgehead atoms. The molecule has 1 aromatic rings. The molecule has 0 radical (unpaired) electrons. The zero-order valence-corrected chi connectivity index (χ0v) is 11.7. The van der Waals surface area contributed by atoms with Gasteiger partial charge in [-0.3, -0.25) is 10.1 Å². The molecular weight excluding hydrogens is 258 g/mol. The van der Waals surface area contributed by atoms with Crippen LogP contribution in [-0.4, -0.2) is 35.8 Å². The molecule has 0 aliphatic carbocycles. The maximum atomic E-state index is 11.0. The number of rotatable bonds is 5. The molecule has 110 valence electrons. The number of piperidine rings is 1. The molecule has 0 aromatic heterocycles. The number of nitrogens with one attached hydrogen (secondary N) is 1. The lowest BCUT2D eigenvalue weighted by molar-refractivity contribution is -0.383. The summed E-state index contributed by atoms with van der Waals surface area (Å²) >= 11 is 0. The quantitative estimate of drug-likeness (QED) is 0.639. The Bertz CT molecular complexity index is 471. The van der Waals surface area contributed by atoms with Gasteiger partial charge in [0.15, 0.2) is 0 Å². The SMILES string of the molecule is CC(O)CNc1cc(N2CCCCC2)ccc1[N+](=O)[O-]. The van der Waals surface area contributed by atoms with Crippen LogP contribution in [0.4, 0.5) is 17.1 Å². The maximum Gasteiger partial charge on any atom is 0.292 e. The van der Waals surface area contributed by atoms with Gasteiger partial charge in [0.05, 0.1) is 11.0 Å². The van der Waals surface area contributed by atoms with Crippen LogP contribution in [0.1, 0.15) is 26.2 Å². The van der Waals surface area contributed by atoms with Gasteiger partial charge in [-0.25, -0.2) is 0 Å². The van der Waals surface area contributed by atoms with Crippen LogP contribution in [0.5, 0.6) is 0 Å². The van der Waals surface area contributed by atoms with E-state index >= 15 is 0 Å². The molecule has 1 heterocycles. The summed E-state index contributed by atoms with van der Waals surface area (Å²) < 4.78 is 0. The molecule has 0 spiro atoms. The van der Waals surface area contributed by atoms with Gasteiger partial charge in [0.1, 0.15) is 5.69 Å². The highest BCUT2D eigenvalue weighted by molar-refractivity contribution is 5.69. The van der Waals surface area contributed by atoms with Crippen LogP contribution in [0.15, 0.2) is 18.2 Å². The van der Waals surface area contributed by atoms with Crippen molar-refractivity contribution < 1.29 is 10.0 Å². The number of nitrogens with zero attached hydrogens (tertiary/aromatic N) is 2. The summed E-state index contributed by atoms with van der Waals surface area (Å²) in [5, 5.41) is 23.3. The predicted molar refractivity (Wildman–Crippen MR) is 79.3 cm³/mol. The van der Waals surface area contributed by atoms with Crippen LogP contribution >= 0.6 is 0 Å². The number of aliphatic hydroxyl groups is 1. The van der Waals surface area contributed by atoms with E-state index in [1.807, 2.05) is 6.07 Å². The number of nitro benzene ring substituents is 1. The highest BCUT2D eigenvalue weighted by Gasteiger charge is 2.18. The van der Waals surface area contributed by atoms with Gasteiger partial charge in [-0.05, 0) is 38.3 Å². The molecule has 2 rings (SSSR count). The van der Waals surface area contributed by atoms with Crippen molar-refractivity contribution in [3.05, 3.63) is 28.3 Å². The van der Waals surface area contributed by atoms with Gasteiger partial charge in [0, 0.05) is 31.4 Å². The average molecular weight is 279 g/mol. The molecule has 1 saturated heterocycles. The molecule has 1 fully saturated rings. The molecule has 6 nitrogen and oxygen atoms in total. The minimum Gasteiger partial charge on any atom is -0.392 e. The van der Waals surface area contributed by atoms with Gasteiger partial charge < -0.3 is 15.3 Å². The first-order valence-corrected chi connectivity index (χ1v) is 7.03. The fourth-order valence-electron chi connectivity index (χ4n) is 2.43. The Balaban J connectivity index is 2.22. The van der Waals surface area contributed by atoms with Gasteiger partial charge in [0.25, 0.3) is 5.69 Å². The molecule has 1 unspecified atom stereocenters. The van der Waals surface area contributed by atoms with Crippen LogP contribution in [0, 0.1) is 10.1 Å². The third-order valence-electron chi connectivity index (χ3n) is 3.49. The highest BCUT2D eigenvalue weighted by Crippen LogP contribution is 2.30. The Hall–Kier alpha value is -1.82. The van der Waals surface area contributed by atoms with Gasteiger partial charge in [-0.2, -0.15) is 0 Å². The first kappa shape index (κ1) is 14.6. The zero-order chi connectivity index (χ0) is 14.5. The average Bonchev–Trinajstić information content (AvgIpc) is 2.45. The summed E-state index contributed by atoms with van der Waals surface area (Å²) in [7, 11) is 0. The van der Waals surface area contributed by atoms with Crippen LogP contribution < -0.4 is 10.2 Å². The van der Waals surface area contributed by atoms with Gasteiger partial charge in [0.2, 0.25) is 0 Å².